The van der Waals surface area contributed by atoms with E-state index >= 15 is 0 Å². The number of para-hydroxylation sites is 2. The van der Waals surface area contributed by atoms with Crippen molar-refractivity contribution in [3.63, 3.8) is 0 Å². The summed E-state index contributed by atoms with van der Waals surface area (Å²) in [6.07, 6.45) is 4.15. The minimum absolute atomic E-state index is 0.160. The standard InChI is InChI=1S/C19H21N5O2/c1-13-14(12-20-19(21-13)23-9-5-6-10-23)15-11-18(25)24(22-15)16-7-3-4-8-17(16)26-2/h3-4,7-8,11-12,22H,5-6,9-10H2,1-2H3. The molecule has 7 nitrogen and oxygen atoms in total. The van der Waals surface area contributed by atoms with Crippen LogP contribution < -0.4 is 15.2 Å². The Hall–Kier alpha value is -3.09. The Bertz CT molecular complexity index is 986. The lowest BCUT2D eigenvalue weighted by Crippen LogP contribution is -2.20. The van der Waals surface area contributed by atoms with Crippen molar-refractivity contribution in [2.75, 3.05) is 25.1 Å². The normalized spacial score (nSPS) is 14.0. The predicted octanol–water partition coefficient (Wildman–Crippen LogP) is 2.54. The topological polar surface area (TPSA) is 76.0 Å². The molecule has 4 rings (SSSR count). The Balaban J connectivity index is 1.72. The zero-order valence-electron chi connectivity index (χ0n) is 14.9. The number of methoxy groups -OCH3 is 1. The summed E-state index contributed by atoms with van der Waals surface area (Å²) in [6, 6.07) is 8.95. The van der Waals surface area contributed by atoms with Crippen molar-refractivity contribution in [2.24, 2.45) is 0 Å². The zero-order valence-corrected chi connectivity index (χ0v) is 14.9. The van der Waals surface area contributed by atoms with Crippen LogP contribution in [0.25, 0.3) is 16.9 Å². The van der Waals surface area contributed by atoms with Crippen LogP contribution in [-0.4, -0.2) is 39.9 Å². The second-order valence-corrected chi connectivity index (χ2v) is 6.38. The summed E-state index contributed by atoms with van der Waals surface area (Å²) < 4.78 is 6.83. The van der Waals surface area contributed by atoms with Crippen molar-refractivity contribution in [2.45, 2.75) is 19.8 Å². The number of benzene rings is 1. The van der Waals surface area contributed by atoms with Crippen LogP contribution in [-0.2, 0) is 0 Å². The van der Waals surface area contributed by atoms with Gasteiger partial charge in [-0.3, -0.25) is 9.89 Å². The molecule has 0 amide bonds. The summed E-state index contributed by atoms with van der Waals surface area (Å²) in [5, 5.41) is 3.15. The van der Waals surface area contributed by atoms with Crippen LogP contribution in [0.1, 0.15) is 18.5 Å². The first kappa shape index (κ1) is 16.4. The fraction of sp³-hybridized carbons (Fsp3) is 0.316. The number of nitrogens with one attached hydrogen (secondary N) is 1. The van der Waals surface area contributed by atoms with Crippen molar-refractivity contribution in [3.05, 3.63) is 52.6 Å². The largest absolute Gasteiger partial charge is 0.494 e. The number of hydrogen-bond donors (Lipinski definition) is 1. The van der Waals surface area contributed by atoms with Crippen LogP contribution in [0.4, 0.5) is 5.95 Å². The molecular weight excluding hydrogens is 330 g/mol. The van der Waals surface area contributed by atoms with Gasteiger partial charge in [0.25, 0.3) is 5.56 Å². The molecule has 0 unspecified atom stereocenters. The lowest BCUT2D eigenvalue weighted by Gasteiger charge is -2.16. The van der Waals surface area contributed by atoms with Gasteiger partial charge < -0.3 is 9.64 Å². The van der Waals surface area contributed by atoms with Crippen molar-refractivity contribution in [1.82, 2.24) is 19.7 Å². The van der Waals surface area contributed by atoms with Crippen LogP contribution in [0.2, 0.25) is 0 Å². The van der Waals surface area contributed by atoms with E-state index in [9.17, 15) is 4.79 Å². The van der Waals surface area contributed by atoms with Gasteiger partial charge in [-0.15, -0.1) is 0 Å². The average molecular weight is 351 g/mol. The second-order valence-electron chi connectivity index (χ2n) is 6.38. The third kappa shape index (κ3) is 2.85. The molecule has 3 heterocycles. The summed E-state index contributed by atoms with van der Waals surface area (Å²) in [5.74, 6) is 1.38. The molecule has 1 N–H and O–H groups in total. The maximum Gasteiger partial charge on any atom is 0.271 e. The van der Waals surface area contributed by atoms with E-state index in [1.54, 1.807) is 19.4 Å². The first-order valence-electron chi connectivity index (χ1n) is 8.72. The van der Waals surface area contributed by atoms with Gasteiger partial charge in [-0.2, -0.15) is 0 Å². The second kappa shape index (κ2) is 6.67. The minimum atomic E-state index is -0.160. The van der Waals surface area contributed by atoms with Gasteiger partial charge in [0.05, 0.1) is 18.5 Å². The molecule has 0 saturated carbocycles. The molecule has 7 heteroatoms. The van der Waals surface area contributed by atoms with Crippen molar-refractivity contribution in [3.8, 4) is 22.7 Å². The summed E-state index contributed by atoms with van der Waals surface area (Å²) >= 11 is 0. The molecule has 1 aromatic carbocycles. The van der Waals surface area contributed by atoms with Gasteiger partial charge in [0.15, 0.2) is 0 Å². The smallest absolute Gasteiger partial charge is 0.271 e. The first-order chi connectivity index (χ1) is 12.7. The lowest BCUT2D eigenvalue weighted by molar-refractivity contribution is 0.411. The van der Waals surface area contributed by atoms with Crippen LogP contribution in [0.5, 0.6) is 5.75 Å². The van der Waals surface area contributed by atoms with Gasteiger partial charge in [-0.1, -0.05) is 12.1 Å². The minimum Gasteiger partial charge on any atom is -0.494 e. The zero-order chi connectivity index (χ0) is 18.1. The van der Waals surface area contributed by atoms with Gasteiger partial charge in [-0.05, 0) is 31.9 Å². The van der Waals surface area contributed by atoms with Crippen LogP contribution in [0, 0.1) is 6.92 Å². The molecule has 0 spiro atoms. The Morgan fingerprint density at radius 3 is 2.69 bits per heavy atom. The molecular formula is C19H21N5O2. The Kier molecular flexibility index (Phi) is 4.20. The summed E-state index contributed by atoms with van der Waals surface area (Å²) in [6.45, 7) is 3.94. The first-order valence-corrected chi connectivity index (χ1v) is 8.72. The molecule has 3 aromatic rings. The van der Waals surface area contributed by atoms with Crippen molar-refractivity contribution < 1.29 is 4.74 Å². The van der Waals surface area contributed by atoms with Gasteiger partial charge in [0, 0.05) is 30.9 Å². The Labute approximate surface area is 151 Å². The molecule has 1 aliphatic rings. The number of nitrogens with zero attached hydrogens (tertiary/aromatic N) is 4. The molecule has 1 aliphatic heterocycles. The maximum absolute atomic E-state index is 12.5. The van der Waals surface area contributed by atoms with E-state index in [1.807, 2.05) is 31.2 Å². The molecule has 0 bridgehead atoms. The predicted molar refractivity (Wildman–Crippen MR) is 100 cm³/mol. The lowest BCUT2D eigenvalue weighted by atomic mass is 10.2. The van der Waals surface area contributed by atoms with Gasteiger partial charge in [0.2, 0.25) is 5.95 Å². The number of H-pyrrole nitrogens is 1. The number of ether oxygens (including phenoxy) is 1. The maximum atomic E-state index is 12.5. The summed E-state index contributed by atoms with van der Waals surface area (Å²) in [5.41, 5.74) is 2.85. The van der Waals surface area contributed by atoms with Crippen molar-refractivity contribution in [1.29, 1.82) is 0 Å². The molecule has 0 aliphatic carbocycles. The summed E-state index contributed by atoms with van der Waals surface area (Å²) in [4.78, 5) is 23.8. The molecule has 0 radical (unpaired) electrons. The van der Waals surface area contributed by atoms with Crippen molar-refractivity contribution >= 4 is 5.95 Å². The molecule has 0 atom stereocenters. The van der Waals surface area contributed by atoms with Gasteiger partial charge in [-0.25, -0.2) is 14.6 Å². The highest BCUT2D eigenvalue weighted by molar-refractivity contribution is 5.62. The number of anilines is 1. The number of aromatic amines is 1. The molecule has 1 fully saturated rings. The Morgan fingerprint density at radius 2 is 1.96 bits per heavy atom. The highest BCUT2D eigenvalue weighted by Crippen LogP contribution is 2.24. The Morgan fingerprint density at radius 1 is 1.19 bits per heavy atom. The van der Waals surface area contributed by atoms with E-state index in [-0.39, 0.29) is 5.56 Å². The van der Waals surface area contributed by atoms with E-state index in [1.165, 1.54) is 17.5 Å². The van der Waals surface area contributed by atoms with Gasteiger partial charge in [0.1, 0.15) is 11.4 Å². The molecule has 2 aromatic heterocycles. The van der Waals surface area contributed by atoms with Crippen LogP contribution in [0.3, 0.4) is 0 Å². The van der Waals surface area contributed by atoms with Gasteiger partial charge >= 0.3 is 0 Å². The molecule has 1 saturated heterocycles. The number of aromatic nitrogens is 4. The SMILES string of the molecule is COc1ccccc1-n1[nH]c(-c2cnc(N3CCCC3)nc2C)cc1=O. The number of rotatable bonds is 4. The van der Waals surface area contributed by atoms with Crippen LogP contribution >= 0.6 is 0 Å². The van der Waals surface area contributed by atoms with E-state index in [4.69, 9.17) is 4.74 Å². The third-order valence-electron chi connectivity index (χ3n) is 4.69. The fourth-order valence-electron chi connectivity index (χ4n) is 3.32. The highest BCUT2D eigenvalue weighted by atomic mass is 16.5. The van der Waals surface area contributed by atoms with Crippen LogP contribution in [0.15, 0.2) is 41.3 Å². The third-order valence-corrected chi connectivity index (χ3v) is 4.69. The monoisotopic (exact) mass is 351 g/mol. The van der Waals surface area contributed by atoms with E-state index in [0.717, 1.165) is 30.3 Å². The number of hydrogen-bond acceptors (Lipinski definition) is 5. The number of aryl methyl sites for hydroxylation is 1. The molecule has 26 heavy (non-hydrogen) atoms. The average Bonchev–Trinajstić information content (AvgIpc) is 3.31. The molecule has 134 valence electrons. The van der Waals surface area contributed by atoms with E-state index in [0.29, 0.717) is 17.1 Å². The quantitative estimate of drug-likeness (QED) is 0.782. The fourth-order valence-corrected chi connectivity index (χ4v) is 3.32. The van der Waals surface area contributed by atoms with E-state index < -0.39 is 0 Å². The van der Waals surface area contributed by atoms with E-state index in [2.05, 4.69) is 20.0 Å². The highest BCUT2D eigenvalue weighted by Gasteiger charge is 2.17. The summed E-state index contributed by atoms with van der Waals surface area (Å²) in [7, 11) is 1.59.